The molecule has 1 saturated heterocycles. The van der Waals surface area contributed by atoms with Crippen molar-refractivity contribution >= 4 is 21.7 Å². The van der Waals surface area contributed by atoms with Crippen LogP contribution >= 0.6 is 0 Å². The van der Waals surface area contributed by atoms with Gasteiger partial charge in [0, 0.05) is 44.0 Å². The number of carbonyl (C=O) groups excluding carboxylic acids is 1. The van der Waals surface area contributed by atoms with Gasteiger partial charge in [0.15, 0.2) is 0 Å². The number of amides is 2. The molecule has 8 nitrogen and oxygen atoms in total. The first-order chi connectivity index (χ1) is 18.6. The van der Waals surface area contributed by atoms with Gasteiger partial charge in [-0.2, -0.15) is 0 Å². The van der Waals surface area contributed by atoms with Crippen molar-refractivity contribution in [2.45, 2.75) is 51.9 Å². The molecule has 3 aromatic carbocycles. The quantitative estimate of drug-likeness (QED) is 0.351. The molecule has 2 N–H and O–H groups in total. The van der Waals surface area contributed by atoms with E-state index in [-0.39, 0.29) is 18.1 Å². The zero-order chi connectivity index (χ0) is 27.8. The number of anilines is 1. The molecule has 0 atom stereocenters. The van der Waals surface area contributed by atoms with Crippen molar-refractivity contribution in [3.8, 4) is 11.5 Å². The molecule has 3 aromatic rings. The van der Waals surface area contributed by atoms with Crippen molar-refractivity contribution in [3.63, 3.8) is 0 Å². The van der Waals surface area contributed by atoms with Gasteiger partial charge in [-0.1, -0.05) is 42.5 Å². The first-order valence-electron chi connectivity index (χ1n) is 13.3. The summed E-state index contributed by atoms with van der Waals surface area (Å²) >= 11 is 0. The third kappa shape index (κ3) is 9.01. The molecule has 1 aliphatic rings. The van der Waals surface area contributed by atoms with Gasteiger partial charge < -0.3 is 15.0 Å². The van der Waals surface area contributed by atoms with Crippen LogP contribution in [0.5, 0.6) is 11.5 Å². The minimum atomic E-state index is -3.31. The molecular weight excluding hydrogens is 512 g/mol. The highest BCUT2D eigenvalue weighted by Crippen LogP contribution is 2.24. The fourth-order valence-electron chi connectivity index (χ4n) is 4.62. The monoisotopic (exact) mass is 550 g/mol. The highest BCUT2D eigenvalue weighted by molar-refractivity contribution is 7.92. The Morgan fingerprint density at radius 1 is 0.923 bits per heavy atom. The Kier molecular flexibility index (Phi) is 9.48. The van der Waals surface area contributed by atoms with E-state index in [9.17, 15) is 13.2 Å². The molecule has 39 heavy (non-hydrogen) atoms. The number of piperidine rings is 1. The number of benzene rings is 3. The van der Waals surface area contributed by atoms with Gasteiger partial charge >= 0.3 is 6.03 Å². The zero-order valence-corrected chi connectivity index (χ0v) is 23.7. The van der Waals surface area contributed by atoms with Gasteiger partial charge in [-0.25, -0.2) is 13.2 Å². The van der Waals surface area contributed by atoms with E-state index in [1.807, 2.05) is 35.2 Å². The average molecular weight is 551 g/mol. The van der Waals surface area contributed by atoms with Crippen LogP contribution in [0.25, 0.3) is 0 Å². The van der Waals surface area contributed by atoms with E-state index in [1.54, 1.807) is 24.3 Å². The zero-order valence-electron chi connectivity index (χ0n) is 22.8. The van der Waals surface area contributed by atoms with E-state index in [0.29, 0.717) is 23.7 Å². The fourth-order valence-corrected chi connectivity index (χ4v) is 5.19. The van der Waals surface area contributed by atoms with E-state index >= 15 is 0 Å². The number of hydrogen-bond donors (Lipinski definition) is 2. The average Bonchev–Trinajstić information content (AvgIpc) is 2.90. The molecule has 0 spiro atoms. The Morgan fingerprint density at radius 3 is 2.08 bits per heavy atom. The van der Waals surface area contributed by atoms with Crippen LogP contribution in [-0.4, -0.2) is 55.7 Å². The van der Waals surface area contributed by atoms with E-state index in [0.717, 1.165) is 44.3 Å². The Hall–Kier alpha value is -3.56. The lowest BCUT2D eigenvalue weighted by atomic mass is 10.0. The molecule has 208 valence electrons. The van der Waals surface area contributed by atoms with Gasteiger partial charge in [0.2, 0.25) is 10.0 Å². The number of likely N-dealkylation sites (tertiary alicyclic amines) is 1. The van der Waals surface area contributed by atoms with Crippen LogP contribution < -0.4 is 14.8 Å². The van der Waals surface area contributed by atoms with E-state index < -0.39 is 10.0 Å². The van der Waals surface area contributed by atoms with Gasteiger partial charge in [-0.3, -0.25) is 9.62 Å². The summed E-state index contributed by atoms with van der Waals surface area (Å²) in [7, 11) is -3.31. The highest BCUT2D eigenvalue weighted by Gasteiger charge is 2.24. The lowest BCUT2D eigenvalue weighted by Gasteiger charge is -2.35. The van der Waals surface area contributed by atoms with Crippen LogP contribution in [0.15, 0.2) is 78.9 Å². The number of rotatable bonds is 10. The van der Waals surface area contributed by atoms with Crippen LogP contribution in [0, 0.1) is 0 Å². The molecule has 0 saturated carbocycles. The molecule has 0 aliphatic carbocycles. The predicted molar refractivity (Wildman–Crippen MR) is 155 cm³/mol. The highest BCUT2D eigenvalue weighted by atomic mass is 32.2. The molecule has 0 radical (unpaired) electrons. The summed E-state index contributed by atoms with van der Waals surface area (Å²) in [6.07, 6.45) is 2.97. The Balaban J connectivity index is 1.22. The molecule has 0 aromatic heterocycles. The van der Waals surface area contributed by atoms with Gasteiger partial charge in [0.25, 0.3) is 0 Å². The largest absolute Gasteiger partial charge is 0.457 e. The van der Waals surface area contributed by atoms with E-state index in [4.69, 9.17) is 4.74 Å². The summed E-state index contributed by atoms with van der Waals surface area (Å²) < 4.78 is 31.0. The minimum absolute atomic E-state index is 0.00388. The number of sulfonamides is 1. The number of nitrogens with one attached hydrogen (secondary N) is 2. The van der Waals surface area contributed by atoms with Gasteiger partial charge in [0.1, 0.15) is 11.5 Å². The van der Waals surface area contributed by atoms with Gasteiger partial charge in [0.05, 0.1) is 6.26 Å². The van der Waals surface area contributed by atoms with Crippen molar-refractivity contribution in [3.05, 3.63) is 90.0 Å². The van der Waals surface area contributed by atoms with Gasteiger partial charge in [-0.05, 0) is 74.2 Å². The van der Waals surface area contributed by atoms with E-state index in [1.165, 1.54) is 5.56 Å². The lowest BCUT2D eigenvalue weighted by Crippen LogP contribution is -2.50. The third-order valence-corrected chi connectivity index (χ3v) is 7.32. The fraction of sp³-hybridized carbons (Fsp3) is 0.367. The molecule has 4 rings (SSSR count). The number of carbonyl (C=O) groups is 1. The topological polar surface area (TPSA) is 91.0 Å². The summed E-state index contributed by atoms with van der Waals surface area (Å²) in [5, 5.41) is 3.26. The Bertz CT molecular complexity index is 1310. The maximum Gasteiger partial charge on any atom is 0.318 e. The second-order valence-corrected chi connectivity index (χ2v) is 12.1. The molecule has 1 aliphatic heterocycles. The summed E-state index contributed by atoms with van der Waals surface area (Å²) in [5.41, 5.74) is 2.83. The maximum atomic E-state index is 13.0. The maximum absolute atomic E-state index is 13.0. The second-order valence-electron chi connectivity index (χ2n) is 10.4. The SMILES string of the molecule is CC(C)N(Cc1ccccc1)C(=O)NC1CCN(Cc2ccc(Oc3ccc(NS(C)(=O)=O)cc3)cc2)CC1. The van der Waals surface area contributed by atoms with Crippen molar-refractivity contribution < 1.29 is 17.9 Å². The van der Waals surface area contributed by atoms with Crippen molar-refractivity contribution in [2.24, 2.45) is 0 Å². The number of nitrogens with zero attached hydrogens (tertiary/aromatic N) is 2. The van der Waals surface area contributed by atoms with Crippen molar-refractivity contribution in [2.75, 3.05) is 24.1 Å². The molecular formula is C30H38N4O4S. The van der Waals surface area contributed by atoms with E-state index in [2.05, 4.69) is 53.1 Å². The minimum Gasteiger partial charge on any atom is -0.457 e. The standard InChI is InChI=1S/C30H38N4O4S/c1-23(2)34(22-24-7-5-4-6-8-24)30(35)31-26-17-19-33(20-18-26)21-25-9-13-28(14-10-25)38-29-15-11-27(12-16-29)32-39(3,36)37/h4-16,23,26,32H,17-22H2,1-3H3,(H,31,35). The number of urea groups is 1. The molecule has 1 fully saturated rings. The van der Waals surface area contributed by atoms with Gasteiger partial charge in [-0.15, -0.1) is 0 Å². The van der Waals surface area contributed by atoms with Crippen LogP contribution in [-0.2, 0) is 23.1 Å². The molecule has 1 heterocycles. The summed E-state index contributed by atoms with van der Waals surface area (Å²) in [6, 6.07) is 25.2. The van der Waals surface area contributed by atoms with Crippen molar-refractivity contribution in [1.29, 1.82) is 0 Å². The Morgan fingerprint density at radius 2 is 1.51 bits per heavy atom. The van der Waals surface area contributed by atoms with Crippen molar-refractivity contribution in [1.82, 2.24) is 15.1 Å². The second kappa shape index (κ2) is 13.0. The molecule has 0 unspecified atom stereocenters. The summed E-state index contributed by atoms with van der Waals surface area (Å²) in [5.74, 6) is 1.35. The normalized spacial score (nSPS) is 14.7. The summed E-state index contributed by atoms with van der Waals surface area (Å²) in [4.78, 5) is 17.3. The number of ether oxygens (including phenoxy) is 1. The smallest absolute Gasteiger partial charge is 0.318 e. The van der Waals surface area contributed by atoms with Crippen LogP contribution in [0.2, 0.25) is 0 Å². The Labute approximate surface area is 232 Å². The number of hydrogen-bond acceptors (Lipinski definition) is 5. The molecule has 9 heteroatoms. The summed E-state index contributed by atoms with van der Waals surface area (Å²) in [6.45, 7) is 7.41. The van der Waals surface area contributed by atoms with Crippen LogP contribution in [0.1, 0.15) is 37.8 Å². The first kappa shape index (κ1) is 28.4. The first-order valence-corrected chi connectivity index (χ1v) is 15.2. The van der Waals surface area contributed by atoms with Crippen LogP contribution in [0.3, 0.4) is 0 Å². The third-order valence-electron chi connectivity index (χ3n) is 6.72. The molecule has 0 bridgehead atoms. The predicted octanol–water partition coefficient (Wildman–Crippen LogP) is 5.44. The molecule has 2 amide bonds. The lowest BCUT2D eigenvalue weighted by molar-refractivity contribution is 0.158. The van der Waals surface area contributed by atoms with Crippen LogP contribution in [0.4, 0.5) is 10.5 Å².